The molecule has 1 rings (SSSR count). The summed E-state index contributed by atoms with van der Waals surface area (Å²) in [5.74, 6) is 0. The number of hydrogen-bond donors (Lipinski definition) is 1. The van der Waals surface area contributed by atoms with Gasteiger partial charge in [-0.25, -0.2) is 0 Å². The van der Waals surface area contributed by atoms with Crippen LogP contribution in [-0.4, -0.2) is 75.9 Å². The van der Waals surface area contributed by atoms with E-state index in [1.54, 1.807) is 7.11 Å². The van der Waals surface area contributed by atoms with Gasteiger partial charge in [0.15, 0.2) is 0 Å². The number of hydrogen-bond acceptors (Lipinski definition) is 4. The third-order valence-electron chi connectivity index (χ3n) is 3.47. The number of ether oxygens (including phenoxy) is 1. The highest BCUT2D eigenvalue weighted by molar-refractivity contribution is 4.78. The minimum absolute atomic E-state index is 0.707. The van der Waals surface area contributed by atoms with Crippen molar-refractivity contribution in [3.63, 3.8) is 0 Å². The van der Waals surface area contributed by atoms with Crippen molar-refractivity contribution in [1.82, 2.24) is 15.1 Å². The highest BCUT2D eigenvalue weighted by Gasteiger charge is 2.18. The monoisotopic (exact) mass is 243 g/mol. The maximum atomic E-state index is 5.09. The molecule has 17 heavy (non-hydrogen) atoms. The molecule has 1 heterocycles. The second-order valence-corrected chi connectivity index (χ2v) is 4.99. The SMILES string of the molecule is CCNC1CCCN(CCN(C)CCOC)C1. The van der Waals surface area contributed by atoms with Crippen LogP contribution in [0.25, 0.3) is 0 Å². The van der Waals surface area contributed by atoms with Crippen LogP contribution in [0.4, 0.5) is 0 Å². The molecule has 0 saturated carbocycles. The van der Waals surface area contributed by atoms with Crippen molar-refractivity contribution in [3.05, 3.63) is 0 Å². The number of piperidine rings is 1. The first kappa shape index (κ1) is 14.9. The molecule has 0 amide bonds. The van der Waals surface area contributed by atoms with Gasteiger partial charge in [-0.15, -0.1) is 0 Å². The number of nitrogens with zero attached hydrogens (tertiary/aromatic N) is 2. The Kier molecular flexibility index (Phi) is 7.77. The fourth-order valence-electron chi connectivity index (χ4n) is 2.38. The molecule has 0 radical (unpaired) electrons. The van der Waals surface area contributed by atoms with Crippen LogP contribution in [0.1, 0.15) is 19.8 Å². The van der Waals surface area contributed by atoms with E-state index in [-0.39, 0.29) is 0 Å². The van der Waals surface area contributed by atoms with E-state index in [2.05, 4.69) is 29.1 Å². The lowest BCUT2D eigenvalue weighted by atomic mass is 10.1. The lowest BCUT2D eigenvalue weighted by Gasteiger charge is -2.34. The number of likely N-dealkylation sites (tertiary alicyclic amines) is 1. The number of likely N-dealkylation sites (N-methyl/N-ethyl adjacent to an activating group) is 2. The standard InChI is InChI=1S/C13H29N3O/c1-4-14-13-6-5-7-16(12-13)9-8-15(2)10-11-17-3/h13-14H,4-12H2,1-3H3. The minimum atomic E-state index is 0.707. The van der Waals surface area contributed by atoms with E-state index in [0.29, 0.717) is 6.04 Å². The average molecular weight is 243 g/mol. The summed E-state index contributed by atoms with van der Waals surface area (Å²) in [5, 5.41) is 3.56. The van der Waals surface area contributed by atoms with Crippen LogP contribution in [-0.2, 0) is 4.74 Å². The lowest BCUT2D eigenvalue weighted by Crippen LogP contribution is -2.47. The third-order valence-corrected chi connectivity index (χ3v) is 3.47. The second kappa shape index (κ2) is 8.86. The summed E-state index contributed by atoms with van der Waals surface area (Å²) >= 11 is 0. The van der Waals surface area contributed by atoms with Gasteiger partial charge in [-0.1, -0.05) is 6.92 Å². The molecule has 0 aromatic carbocycles. The second-order valence-electron chi connectivity index (χ2n) is 4.99. The molecule has 0 aromatic rings. The Labute approximate surface area is 106 Å². The fourth-order valence-corrected chi connectivity index (χ4v) is 2.38. The molecule has 0 aliphatic carbocycles. The third kappa shape index (κ3) is 6.36. The van der Waals surface area contributed by atoms with Gasteiger partial charge in [0.1, 0.15) is 0 Å². The van der Waals surface area contributed by atoms with Gasteiger partial charge in [0, 0.05) is 39.3 Å². The van der Waals surface area contributed by atoms with Crippen molar-refractivity contribution in [3.8, 4) is 0 Å². The Morgan fingerprint density at radius 1 is 1.41 bits per heavy atom. The van der Waals surface area contributed by atoms with E-state index in [0.717, 1.165) is 26.2 Å². The number of methoxy groups -OCH3 is 1. The summed E-state index contributed by atoms with van der Waals surface area (Å²) in [6.45, 7) is 9.94. The molecule has 1 unspecified atom stereocenters. The Bertz CT molecular complexity index is 188. The fraction of sp³-hybridized carbons (Fsp3) is 1.00. The average Bonchev–Trinajstić information content (AvgIpc) is 2.35. The molecular formula is C13H29N3O. The van der Waals surface area contributed by atoms with Crippen LogP contribution in [0.2, 0.25) is 0 Å². The van der Waals surface area contributed by atoms with Crippen LogP contribution in [0.5, 0.6) is 0 Å². The first-order chi connectivity index (χ1) is 8.26. The molecule has 0 aromatic heterocycles. The van der Waals surface area contributed by atoms with Gasteiger partial charge in [0.05, 0.1) is 6.61 Å². The molecule has 0 bridgehead atoms. The molecule has 1 aliphatic rings. The van der Waals surface area contributed by atoms with Gasteiger partial charge in [0.2, 0.25) is 0 Å². The minimum Gasteiger partial charge on any atom is -0.383 e. The molecule has 1 atom stereocenters. The first-order valence-corrected chi connectivity index (χ1v) is 6.89. The number of rotatable bonds is 8. The van der Waals surface area contributed by atoms with E-state index in [9.17, 15) is 0 Å². The Morgan fingerprint density at radius 3 is 2.94 bits per heavy atom. The zero-order valence-electron chi connectivity index (χ0n) is 11.7. The molecule has 0 spiro atoms. The quantitative estimate of drug-likeness (QED) is 0.677. The van der Waals surface area contributed by atoms with E-state index in [1.807, 2.05) is 0 Å². The summed E-state index contributed by atoms with van der Waals surface area (Å²) in [6, 6.07) is 0.707. The topological polar surface area (TPSA) is 27.7 Å². The summed E-state index contributed by atoms with van der Waals surface area (Å²) < 4.78 is 5.09. The normalized spacial score (nSPS) is 22.2. The van der Waals surface area contributed by atoms with Crippen molar-refractivity contribution in [2.24, 2.45) is 0 Å². The van der Waals surface area contributed by atoms with Crippen molar-refractivity contribution in [2.75, 3.05) is 60.0 Å². The van der Waals surface area contributed by atoms with Crippen molar-refractivity contribution in [1.29, 1.82) is 0 Å². The largest absolute Gasteiger partial charge is 0.383 e. The Hall–Kier alpha value is -0.160. The van der Waals surface area contributed by atoms with Crippen molar-refractivity contribution < 1.29 is 4.74 Å². The van der Waals surface area contributed by atoms with E-state index in [4.69, 9.17) is 4.74 Å². The summed E-state index contributed by atoms with van der Waals surface area (Å²) in [5.41, 5.74) is 0. The smallest absolute Gasteiger partial charge is 0.0589 e. The summed E-state index contributed by atoms with van der Waals surface area (Å²) in [7, 11) is 3.93. The van der Waals surface area contributed by atoms with Crippen molar-refractivity contribution >= 4 is 0 Å². The highest BCUT2D eigenvalue weighted by Crippen LogP contribution is 2.09. The van der Waals surface area contributed by atoms with Crippen LogP contribution < -0.4 is 5.32 Å². The molecule has 102 valence electrons. The predicted molar refractivity (Wildman–Crippen MR) is 72.5 cm³/mol. The number of nitrogens with one attached hydrogen (secondary N) is 1. The van der Waals surface area contributed by atoms with Crippen LogP contribution in [0.15, 0.2) is 0 Å². The molecule has 1 saturated heterocycles. The molecular weight excluding hydrogens is 214 g/mol. The van der Waals surface area contributed by atoms with Crippen LogP contribution in [0.3, 0.4) is 0 Å². The highest BCUT2D eigenvalue weighted by atomic mass is 16.5. The molecule has 1 aliphatic heterocycles. The van der Waals surface area contributed by atoms with Crippen LogP contribution in [0, 0.1) is 0 Å². The Balaban J connectivity index is 2.13. The lowest BCUT2D eigenvalue weighted by molar-refractivity contribution is 0.138. The van der Waals surface area contributed by atoms with Crippen molar-refractivity contribution in [2.45, 2.75) is 25.8 Å². The molecule has 1 N–H and O–H groups in total. The van der Waals surface area contributed by atoms with Gasteiger partial charge in [-0.05, 0) is 33.0 Å². The van der Waals surface area contributed by atoms with Gasteiger partial charge in [-0.2, -0.15) is 0 Å². The first-order valence-electron chi connectivity index (χ1n) is 6.89. The zero-order valence-corrected chi connectivity index (χ0v) is 11.7. The maximum absolute atomic E-state index is 5.09. The van der Waals surface area contributed by atoms with Gasteiger partial charge >= 0.3 is 0 Å². The molecule has 4 heteroatoms. The van der Waals surface area contributed by atoms with Gasteiger partial charge in [-0.3, -0.25) is 0 Å². The van der Waals surface area contributed by atoms with E-state index < -0.39 is 0 Å². The van der Waals surface area contributed by atoms with Crippen LogP contribution >= 0.6 is 0 Å². The van der Waals surface area contributed by atoms with E-state index >= 15 is 0 Å². The summed E-state index contributed by atoms with van der Waals surface area (Å²) in [4.78, 5) is 4.93. The van der Waals surface area contributed by atoms with E-state index in [1.165, 1.54) is 32.5 Å². The van der Waals surface area contributed by atoms with Gasteiger partial charge < -0.3 is 19.9 Å². The molecule has 1 fully saturated rings. The Morgan fingerprint density at radius 2 is 2.24 bits per heavy atom. The van der Waals surface area contributed by atoms with Gasteiger partial charge in [0.25, 0.3) is 0 Å². The molecule has 4 nitrogen and oxygen atoms in total. The zero-order chi connectivity index (χ0) is 12.5. The maximum Gasteiger partial charge on any atom is 0.0589 e. The predicted octanol–water partition coefficient (Wildman–Crippen LogP) is 0.639. The summed E-state index contributed by atoms with van der Waals surface area (Å²) in [6.07, 6.45) is 2.67.